The molecule has 1 heteroatoms. The predicted molar refractivity (Wildman–Crippen MR) is 72.1 cm³/mol. The number of benzene rings is 1. The number of ether oxygens (including phenoxy) is 1. The molecule has 0 saturated carbocycles. The summed E-state index contributed by atoms with van der Waals surface area (Å²) in [4.78, 5) is 0. The molecule has 0 amide bonds. The monoisotopic (exact) mass is 232 g/mol. The number of unbranched alkanes of at least 4 members (excludes halogenated alkanes) is 3. The van der Waals surface area contributed by atoms with E-state index in [0.29, 0.717) is 6.10 Å². The van der Waals surface area contributed by atoms with E-state index in [4.69, 9.17) is 4.74 Å². The molecule has 1 nitrogen and oxygen atoms in total. The van der Waals surface area contributed by atoms with Gasteiger partial charge in [0.05, 0.1) is 12.7 Å². The van der Waals surface area contributed by atoms with Crippen molar-refractivity contribution in [2.45, 2.75) is 64.6 Å². The zero-order valence-corrected chi connectivity index (χ0v) is 11.0. The molecule has 0 radical (unpaired) electrons. The van der Waals surface area contributed by atoms with Crippen molar-refractivity contribution in [1.29, 1.82) is 0 Å². The van der Waals surface area contributed by atoms with E-state index in [1.807, 2.05) is 0 Å². The highest BCUT2D eigenvalue weighted by Crippen LogP contribution is 2.22. The van der Waals surface area contributed by atoms with Gasteiger partial charge in [-0.15, -0.1) is 0 Å². The molecule has 0 saturated heterocycles. The second kappa shape index (κ2) is 6.80. The van der Waals surface area contributed by atoms with Gasteiger partial charge in [-0.05, 0) is 30.4 Å². The van der Waals surface area contributed by atoms with Crippen LogP contribution in [0, 0.1) is 0 Å². The summed E-state index contributed by atoms with van der Waals surface area (Å²) in [5.74, 6) is 0. The molecule has 1 aliphatic rings. The maximum absolute atomic E-state index is 6.01. The van der Waals surface area contributed by atoms with Crippen LogP contribution in [0.1, 0.15) is 56.6 Å². The standard InChI is InChI=1S/C16H24O/c1-2-3-4-5-10-16-12-11-14-8-6-7-9-15(14)13-17-16/h6-9,16H,2-5,10-13H2,1H3. The maximum atomic E-state index is 6.01. The van der Waals surface area contributed by atoms with Crippen LogP contribution >= 0.6 is 0 Å². The van der Waals surface area contributed by atoms with Gasteiger partial charge in [0.25, 0.3) is 0 Å². The Labute approximate surface area is 105 Å². The Morgan fingerprint density at radius 2 is 1.94 bits per heavy atom. The number of hydrogen-bond donors (Lipinski definition) is 0. The molecule has 1 aliphatic heterocycles. The third-order valence-electron chi connectivity index (χ3n) is 3.71. The molecule has 1 heterocycles. The van der Waals surface area contributed by atoms with Crippen LogP contribution in [0.5, 0.6) is 0 Å². The zero-order chi connectivity index (χ0) is 11.9. The Morgan fingerprint density at radius 1 is 1.12 bits per heavy atom. The van der Waals surface area contributed by atoms with E-state index in [2.05, 4.69) is 31.2 Å². The SMILES string of the molecule is CCCCCCC1CCc2ccccc2CO1. The smallest absolute Gasteiger partial charge is 0.0723 e. The fourth-order valence-electron chi connectivity index (χ4n) is 2.58. The summed E-state index contributed by atoms with van der Waals surface area (Å²) in [5.41, 5.74) is 2.88. The van der Waals surface area contributed by atoms with Gasteiger partial charge in [0.2, 0.25) is 0 Å². The summed E-state index contributed by atoms with van der Waals surface area (Å²) in [6.07, 6.45) is 9.49. The Morgan fingerprint density at radius 3 is 2.76 bits per heavy atom. The Hall–Kier alpha value is -0.820. The van der Waals surface area contributed by atoms with Gasteiger partial charge < -0.3 is 4.74 Å². The molecule has 1 unspecified atom stereocenters. The highest BCUT2D eigenvalue weighted by molar-refractivity contribution is 5.27. The number of rotatable bonds is 5. The van der Waals surface area contributed by atoms with E-state index in [-0.39, 0.29) is 0 Å². The third kappa shape index (κ3) is 3.85. The summed E-state index contributed by atoms with van der Waals surface area (Å²) >= 11 is 0. The Balaban J connectivity index is 1.78. The van der Waals surface area contributed by atoms with Gasteiger partial charge in [0, 0.05) is 0 Å². The molecule has 17 heavy (non-hydrogen) atoms. The van der Waals surface area contributed by atoms with E-state index >= 15 is 0 Å². The van der Waals surface area contributed by atoms with Gasteiger partial charge in [0.15, 0.2) is 0 Å². The van der Waals surface area contributed by atoms with Crippen LogP contribution in [0.25, 0.3) is 0 Å². The fraction of sp³-hybridized carbons (Fsp3) is 0.625. The van der Waals surface area contributed by atoms with Gasteiger partial charge >= 0.3 is 0 Å². The highest BCUT2D eigenvalue weighted by atomic mass is 16.5. The van der Waals surface area contributed by atoms with Gasteiger partial charge in [-0.2, -0.15) is 0 Å². The summed E-state index contributed by atoms with van der Waals surface area (Å²) < 4.78 is 6.01. The third-order valence-corrected chi connectivity index (χ3v) is 3.71. The lowest BCUT2D eigenvalue weighted by Crippen LogP contribution is -2.11. The largest absolute Gasteiger partial charge is 0.374 e. The van der Waals surface area contributed by atoms with Crippen LogP contribution < -0.4 is 0 Å². The summed E-state index contributed by atoms with van der Waals surface area (Å²) in [7, 11) is 0. The van der Waals surface area contributed by atoms with Gasteiger partial charge in [-0.25, -0.2) is 0 Å². The minimum atomic E-state index is 0.485. The molecular weight excluding hydrogens is 208 g/mol. The zero-order valence-electron chi connectivity index (χ0n) is 11.0. The normalized spacial score (nSPS) is 19.7. The maximum Gasteiger partial charge on any atom is 0.0723 e. The molecule has 0 aliphatic carbocycles. The highest BCUT2D eigenvalue weighted by Gasteiger charge is 2.15. The number of aryl methyl sites for hydroxylation is 1. The van der Waals surface area contributed by atoms with Crippen molar-refractivity contribution < 1.29 is 4.74 Å². The quantitative estimate of drug-likeness (QED) is 0.680. The number of fused-ring (bicyclic) bond motifs is 1. The molecule has 0 spiro atoms. The van der Waals surface area contributed by atoms with Crippen molar-refractivity contribution in [2.75, 3.05) is 0 Å². The summed E-state index contributed by atoms with van der Waals surface area (Å²) in [6, 6.07) is 8.71. The Kier molecular flexibility index (Phi) is 5.06. The first kappa shape index (κ1) is 12.6. The summed E-state index contributed by atoms with van der Waals surface area (Å²) in [5, 5.41) is 0. The van der Waals surface area contributed by atoms with E-state index < -0.39 is 0 Å². The molecule has 0 fully saturated rings. The first-order valence-electron chi connectivity index (χ1n) is 7.08. The molecular formula is C16H24O. The lowest BCUT2D eigenvalue weighted by Gasteiger charge is -2.14. The molecule has 0 N–H and O–H groups in total. The van der Waals surface area contributed by atoms with Crippen molar-refractivity contribution in [3.63, 3.8) is 0 Å². The average Bonchev–Trinajstić information content (AvgIpc) is 2.58. The second-order valence-electron chi connectivity index (χ2n) is 5.09. The van der Waals surface area contributed by atoms with Crippen LogP contribution in [0.15, 0.2) is 24.3 Å². The van der Waals surface area contributed by atoms with Crippen molar-refractivity contribution in [2.24, 2.45) is 0 Å². The Bertz CT molecular complexity index is 305. The van der Waals surface area contributed by atoms with Crippen LogP contribution in [0.2, 0.25) is 0 Å². The van der Waals surface area contributed by atoms with E-state index in [1.54, 1.807) is 0 Å². The van der Waals surface area contributed by atoms with Crippen molar-refractivity contribution >= 4 is 0 Å². The fourth-order valence-corrected chi connectivity index (χ4v) is 2.58. The van der Waals surface area contributed by atoms with Crippen molar-refractivity contribution in [1.82, 2.24) is 0 Å². The first-order chi connectivity index (χ1) is 8.40. The van der Waals surface area contributed by atoms with Gasteiger partial charge in [0.1, 0.15) is 0 Å². The molecule has 94 valence electrons. The molecule has 0 aromatic heterocycles. The topological polar surface area (TPSA) is 9.23 Å². The number of hydrogen-bond acceptors (Lipinski definition) is 1. The van der Waals surface area contributed by atoms with E-state index in [1.165, 1.54) is 56.1 Å². The minimum Gasteiger partial charge on any atom is -0.374 e. The molecule has 1 aromatic rings. The van der Waals surface area contributed by atoms with E-state index in [0.717, 1.165) is 6.61 Å². The molecule has 0 bridgehead atoms. The van der Waals surface area contributed by atoms with Crippen LogP contribution in [-0.2, 0) is 17.8 Å². The lowest BCUT2D eigenvalue weighted by atomic mass is 10.0. The van der Waals surface area contributed by atoms with Gasteiger partial charge in [-0.3, -0.25) is 0 Å². The predicted octanol–water partition coefficient (Wildman–Crippen LogP) is 4.49. The summed E-state index contributed by atoms with van der Waals surface area (Å²) in [6.45, 7) is 3.08. The minimum absolute atomic E-state index is 0.485. The molecule has 2 rings (SSSR count). The van der Waals surface area contributed by atoms with Gasteiger partial charge in [-0.1, -0.05) is 56.9 Å². The average molecular weight is 232 g/mol. The van der Waals surface area contributed by atoms with E-state index in [9.17, 15) is 0 Å². The molecule has 1 atom stereocenters. The second-order valence-corrected chi connectivity index (χ2v) is 5.09. The lowest BCUT2D eigenvalue weighted by molar-refractivity contribution is 0.0335. The first-order valence-corrected chi connectivity index (χ1v) is 7.08. The molecule has 1 aromatic carbocycles. The van der Waals surface area contributed by atoms with Crippen molar-refractivity contribution in [3.8, 4) is 0 Å². The van der Waals surface area contributed by atoms with Crippen LogP contribution in [-0.4, -0.2) is 6.10 Å². The van der Waals surface area contributed by atoms with Crippen LogP contribution in [0.3, 0.4) is 0 Å². The van der Waals surface area contributed by atoms with Crippen molar-refractivity contribution in [3.05, 3.63) is 35.4 Å². The van der Waals surface area contributed by atoms with Crippen LogP contribution in [0.4, 0.5) is 0 Å².